The molecule has 0 spiro atoms. The molecule has 0 aliphatic carbocycles. The molecular formula is C16H19ClN2O. The highest BCUT2D eigenvalue weighted by Gasteiger charge is 2.13. The molecule has 20 heavy (non-hydrogen) atoms. The molecular weight excluding hydrogens is 272 g/mol. The first-order chi connectivity index (χ1) is 9.56. The first-order valence-electron chi connectivity index (χ1n) is 6.76. The van der Waals surface area contributed by atoms with Crippen molar-refractivity contribution in [2.75, 3.05) is 0 Å². The molecule has 0 bridgehead atoms. The van der Waals surface area contributed by atoms with Crippen LogP contribution in [0.2, 0.25) is 5.15 Å². The quantitative estimate of drug-likeness (QED) is 0.827. The minimum absolute atomic E-state index is 0.452. The monoisotopic (exact) mass is 290 g/mol. The van der Waals surface area contributed by atoms with Gasteiger partial charge in [-0.2, -0.15) is 0 Å². The lowest BCUT2D eigenvalue weighted by Crippen LogP contribution is -2.07. The summed E-state index contributed by atoms with van der Waals surface area (Å²) in [4.78, 5) is 8.83. The largest absolute Gasteiger partial charge is 0.471 e. The molecule has 2 aromatic rings. The summed E-state index contributed by atoms with van der Waals surface area (Å²) in [7, 11) is 0. The van der Waals surface area contributed by atoms with Crippen molar-refractivity contribution in [1.82, 2.24) is 9.97 Å². The average molecular weight is 291 g/mol. The van der Waals surface area contributed by atoms with Crippen LogP contribution in [-0.2, 0) is 13.0 Å². The molecule has 3 nitrogen and oxygen atoms in total. The molecule has 2 rings (SSSR count). The molecule has 0 saturated carbocycles. The maximum Gasteiger partial charge on any atom is 0.236 e. The number of aromatic nitrogens is 2. The van der Waals surface area contributed by atoms with Crippen LogP contribution in [0, 0.1) is 12.8 Å². The van der Waals surface area contributed by atoms with Crippen LogP contribution in [0.1, 0.15) is 30.8 Å². The number of halogens is 1. The molecule has 0 saturated heterocycles. The first kappa shape index (κ1) is 14.8. The lowest BCUT2D eigenvalue weighted by atomic mass is 10.1. The number of hydrogen-bond acceptors (Lipinski definition) is 3. The molecule has 0 fully saturated rings. The van der Waals surface area contributed by atoms with E-state index in [-0.39, 0.29) is 0 Å². The van der Waals surface area contributed by atoms with Crippen molar-refractivity contribution in [3.8, 4) is 5.88 Å². The third-order valence-electron chi connectivity index (χ3n) is 2.87. The van der Waals surface area contributed by atoms with E-state index in [4.69, 9.17) is 16.3 Å². The molecule has 0 atom stereocenters. The fourth-order valence-corrected chi connectivity index (χ4v) is 2.02. The topological polar surface area (TPSA) is 35.0 Å². The highest BCUT2D eigenvalue weighted by atomic mass is 35.5. The highest BCUT2D eigenvalue weighted by Crippen LogP contribution is 2.22. The van der Waals surface area contributed by atoms with Gasteiger partial charge in [-0.05, 0) is 24.8 Å². The van der Waals surface area contributed by atoms with E-state index in [9.17, 15) is 0 Å². The Morgan fingerprint density at radius 3 is 2.50 bits per heavy atom. The number of benzene rings is 1. The van der Waals surface area contributed by atoms with Crippen LogP contribution < -0.4 is 4.74 Å². The number of rotatable bonds is 5. The fraction of sp³-hybridized carbons (Fsp3) is 0.375. The Bertz CT molecular complexity index is 570. The van der Waals surface area contributed by atoms with Crippen molar-refractivity contribution in [3.63, 3.8) is 0 Å². The van der Waals surface area contributed by atoms with Crippen molar-refractivity contribution in [2.24, 2.45) is 5.92 Å². The van der Waals surface area contributed by atoms with E-state index in [1.807, 2.05) is 37.3 Å². The summed E-state index contributed by atoms with van der Waals surface area (Å²) in [5.74, 6) is 1.06. The maximum atomic E-state index is 6.06. The van der Waals surface area contributed by atoms with Crippen molar-refractivity contribution < 1.29 is 4.74 Å². The van der Waals surface area contributed by atoms with Crippen LogP contribution >= 0.6 is 11.6 Å². The van der Waals surface area contributed by atoms with Crippen LogP contribution in [0.4, 0.5) is 0 Å². The predicted molar refractivity (Wildman–Crippen MR) is 81.1 cm³/mol. The van der Waals surface area contributed by atoms with Gasteiger partial charge < -0.3 is 4.74 Å². The molecule has 0 aliphatic heterocycles. The summed E-state index contributed by atoms with van der Waals surface area (Å²) in [6.45, 7) is 6.60. The van der Waals surface area contributed by atoms with Gasteiger partial charge in [-0.15, -0.1) is 0 Å². The van der Waals surface area contributed by atoms with Crippen LogP contribution in [-0.4, -0.2) is 9.97 Å². The lowest BCUT2D eigenvalue weighted by molar-refractivity contribution is 0.286. The molecule has 0 unspecified atom stereocenters. The molecule has 106 valence electrons. The number of hydrogen-bond donors (Lipinski definition) is 0. The van der Waals surface area contributed by atoms with E-state index in [1.165, 1.54) is 0 Å². The van der Waals surface area contributed by atoms with Gasteiger partial charge >= 0.3 is 0 Å². The predicted octanol–water partition coefficient (Wildman–Crippen LogP) is 4.22. The van der Waals surface area contributed by atoms with Crippen molar-refractivity contribution in [3.05, 3.63) is 52.4 Å². The standard InChI is InChI=1S/C16H19ClN2O/c1-11(2)9-14-16(18-12(3)15(17)19-14)20-10-13-7-5-4-6-8-13/h4-8,11H,9-10H2,1-3H3. The van der Waals surface area contributed by atoms with Gasteiger partial charge in [-0.25, -0.2) is 9.97 Å². The summed E-state index contributed by atoms with van der Waals surface area (Å²) >= 11 is 6.06. The molecule has 0 radical (unpaired) electrons. The summed E-state index contributed by atoms with van der Waals surface area (Å²) in [5, 5.41) is 0.452. The minimum Gasteiger partial charge on any atom is -0.471 e. The Morgan fingerprint density at radius 1 is 1.15 bits per heavy atom. The lowest BCUT2D eigenvalue weighted by Gasteiger charge is -2.13. The van der Waals surface area contributed by atoms with E-state index in [0.717, 1.165) is 17.7 Å². The van der Waals surface area contributed by atoms with E-state index >= 15 is 0 Å². The molecule has 1 aromatic carbocycles. The van der Waals surface area contributed by atoms with Gasteiger partial charge in [0.25, 0.3) is 0 Å². The number of ether oxygens (including phenoxy) is 1. The van der Waals surface area contributed by atoms with E-state index in [0.29, 0.717) is 29.3 Å². The third-order valence-corrected chi connectivity index (χ3v) is 3.23. The van der Waals surface area contributed by atoms with E-state index in [2.05, 4.69) is 23.8 Å². The smallest absolute Gasteiger partial charge is 0.236 e. The van der Waals surface area contributed by atoms with Crippen molar-refractivity contribution in [1.29, 1.82) is 0 Å². The van der Waals surface area contributed by atoms with Crippen LogP contribution in [0.3, 0.4) is 0 Å². The number of nitrogens with zero attached hydrogens (tertiary/aromatic N) is 2. The van der Waals surface area contributed by atoms with Crippen LogP contribution in [0.15, 0.2) is 30.3 Å². The van der Waals surface area contributed by atoms with Crippen LogP contribution in [0.25, 0.3) is 0 Å². The zero-order chi connectivity index (χ0) is 14.5. The van der Waals surface area contributed by atoms with Gasteiger partial charge in [-0.1, -0.05) is 55.8 Å². The van der Waals surface area contributed by atoms with Gasteiger partial charge in [-0.3, -0.25) is 0 Å². The van der Waals surface area contributed by atoms with Crippen molar-refractivity contribution in [2.45, 2.75) is 33.8 Å². The van der Waals surface area contributed by atoms with E-state index < -0.39 is 0 Å². The zero-order valence-electron chi connectivity index (χ0n) is 12.1. The summed E-state index contributed by atoms with van der Waals surface area (Å²) < 4.78 is 5.83. The maximum absolute atomic E-state index is 6.06. The Balaban J connectivity index is 2.19. The van der Waals surface area contributed by atoms with Gasteiger partial charge in [0.1, 0.15) is 12.3 Å². The normalized spacial score (nSPS) is 10.8. The second kappa shape index (κ2) is 6.71. The first-order valence-corrected chi connectivity index (χ1v) is 7.13. The Hall–Kier alpha value is -1.61. The van der Waals surface area contributed by atoms with Gasteiger partial charge in [0.15, 0.2) is 5.15 Å². The summed E-state index contributed by atoms with van der Waals surface area (Å²) in [6.07, 6.45) is 0.803. The molecule has 0 amide bonds. The molecule has 0 aliphatic rings. The Kier molecular flexibility index (Phi) is 4.96. The van der Waals surface area contributed by atoms with E-state index in [1.54, 1.807) is 0 Å². The fourth-order valence-electron chi connectivity index (χ4n) is 1.87. The second-order valence-electron chi connectivity index (χ2n) is 5.22. The SMILES string of the molecule is Cc1nc(OCc2ccccc2)c(CC(C)C)nc1Cl. The van der Waals surface area contributed by atoms with Gasteiger partial charge in [0.2, 0.25) is 5.88 Å². The second-order valence-corrected chi connectivity index (χ2v) is 5.58. The molecule has 1 heterocycles. The summed E-state index contributed by atoms with van der Waals surface area (Å²) in [5.41, 5.74) is 2.63. The van der Waals surface area contributed by atoms with Crippen molar-refractivity contribution >= 4 is 11.6 Å². The van der Waals surface area contributed by atoms with Gasteiger partial charge in [0.05, 0.1) is 5.69 Å². The number of aryl methyl sites for hydroxylation is 1. The Labute approximate surface area is 125 Å². The zero-order valence-corrected chi connectivity index (χ0v) is 12.8. The third kappa shape index (κ3) is 3.94. The van der Waals surface area contributed by atoms with Crippen LogP contribution in [0.5, 0.6) is 5.88 Å². The molecule has 0 N–H and O–H groups in total. The minimum atomic E-state index is 0.452. The molecule has 4 heteroatoms. The Morgan fingerprint density at radius 2 is 1.85 bits per heavy atom. The van der Waals surface area contributed by atoms with Gasteiger partial charge in [0, 0.05) is 0 Å². The molecule has 1 aromatic heterocycles. The summed E-state index contributed by atoms with van der Waals surface area (Å²) in [6, 6.07) is 10.0. The average Bonchev–Trinajstić information content (AvgIpc) is 2.42. The highest BCUT2D eigenvalue weighted by molar-refractivity contribution is 6.30.